The number of rotatable bonds is 5. The van der Waals surface area contributed by atoms with Crippen molar-refractivity contribution in [2.24, 2.45) is 0 Å². The first-order valence-corrected chi connectivity index (χ1v) is 11.9. The highest BCUT2D eigenvalue weighted by Gasteiger charge is 2.32. The van der Waals surface area contributed by atoms with Gasteiger partial charge in [-0.2, -0.15) is 4.31 Å². The Morgan fingerprint density at radius 2 is 1.79 bits per heavy atom. The number of hydrogen-bond acceptors (Lipinski definition) is 4. The predicted molar refractivity (Wildman–Crippen MR) is 111 cm³/mol. The molecule has 7 heteroatoms. The highest BCUT2D eigenvalue weighted by atomic mass is 32.2. The minimum Gasteiger partial charge on any atom is -0.339 e. The maximum Gasteiger partial charge on any atom is 0.243 e. The molecule has 2 saturated heterocycles. The van der Waals surface area contributed by atoms with Crippen LogP contribution in [0.25, 0.3) is 0 Å². The zero-order valence-corrected chi connectivity index (χ0v) is 18.2. The van der Waals surface area contributed by atoms with Gasteiger partial charge >= 0.3 is 0 Å². The normalized spacial score (nSPS) is 22.4. The fraction of sp³-hybridized carbons (Fsp3) is 0.667. The summed E-state index contributed by atoms with van der Waals surface area (Å²) < 4.78 is 27.6. The number of hydrogen-bond donors (Lipinski definition) is 0. The molecule has 1 atom stereocenters. The van der Waals surface area contributed by atoms with Gasteiger partial charge in [0.15, 0.2) is 0 Å². The summed E-state index contributed by atoms with van der Waals surface area (Å²) in [6.45, 7) is 9.27. The van der Waals surface area contributed by atoms with E-state index in [9.17, 15) is 13.2 Å². The van der Waals surface area contributed by atoms with Gasteiger partial charge in [-0.15, -0.1) is 0 Å². The monoisotopic (exact) mass is 407 g/mol. The average Bonchev–Trinajstić information content (AvgIpc) is 2.68. The van der Waals surface area contributed by atoms with E-state index in [1.165, 1.54) is 6.42 Å². The largest absolute Gasteiger partial charge is 0.339 e. The molecular weight excluding hydrogens is 374 g/mol. The van der Waals surface area contributed by atoms with Crippen LogP contribution in [0.5, 0.6) is 0 Å². The van der Waals surface area contributed by atoms with Crippen LogP contribution >= 0.6 is 0 Å². The first-order valence-electron chi connectivity index (χ1n) is 10.4. The molecule has 2 heterocycles. The SMILES string of the molecule is CCC1CCCCN1C(=O)CN1CCN(S(=O)(=O)c2ccc(C)cc2C)CC1. The summed E-state index contributed by atoms with van der Waals surface area (Å²) in [5.41, 5.74) is 1.84. The molecule has 0 aromatic heterocycles. The molecule has 3 rings (SSSR count). The van der Waals surface area contributed by atoms with Crippen LogP contribution in [-0.4, -0.2) is 73.7 Å². The van der Waals surface area contributed by atoms with Crippen molar-refractivity contribution in [2.75, 3.05) is 39.3 Å². The molecule has 6 nitrogen and oxygen atoms in total. The molecule has 0 bridgehead atoms. The predicted octanol–water partition coefficient (Wildman–Crippen LogP) is 2.40. The van der Waals surface area contributed by atoms with Crippen molar-refractivity contribution in [3.63, 3.8) is 0 Å². The van der Waals surface area contributed by atoms with Gasteiger partial charge in [-0.05, 0) is 51.2 Å². The summed E-state index contributed by atoms with van der Waals surface area (Å²) in [4.78, 5) is 17.3. The standard InChI is InChI=1S/C21H33N3O3S/c1-4-19-7-5-6-10-24(19)21(25)16-22-11-13-23(14-12-22)28(26,27)20-9-8-17(2)15-18(20)3/h8-9,15,19H,4-7,10-14,16H2,1-3H3. The van der Waals surface area contributed by atoms with Crippen LogP contribution in [0.4, 0.5) is 0 Å². The lowest BCUT2D eigenvalue weighted by molar-refractivity contribution is -0.136. The summed E-state index contributed by atoms with van der Waals surface area (Å²) >= 11 is 0. The number of piperazine rings is 1. The number of aryl methyl sites for hydroxylation is 2. The van der Waals surface area contributed by atoms with Crippen molar-refractivity contribution >= 4 is 15.9 Å². The molecule has 2 fully saturated rings. The van der Waals surface area contributed by atoms with Crippen LogP contribution in [0.1, 0.15) is 43.7 Å². The van der Waals surface area contributed by atoms with Gasteiger partial charge in [-0.3, -0.25) is 9.69 Å². The zero-order chi connectivity index (χ0) is 20.3. The third kappa shape index (κ3) is 4.58. The molecule has 28 heavy (non-hydrogen) atoms. The van der Waals surface area contributed by atoms with E-state index in [2.05, 4.69) is 11.8 Å². The number of benzene rings is 1. The summed E-state index contributed by atoms with van der Waals surface area (Å²) in [6.07, 6.45) is 4.40. The first-order chi connectivity index (χ1) is 13.3. The summed E-state index contributed by atoms with van der Waals surface area (Å²) in [7, 11) is -3.48. The second kappa shape index (κ2) is 8.93. The van der Waals surface area contributed by atoms with Crippen LogP contribution < -0.4 is 0 Å². The number of nitrogens with zero attached hydrogens (tertiary/aromatic N) is 3. The summed E-state index contributed by atoms with van der Waals surface area (Å²) in [6, 6.07) is 5.83. The second-order valence-corrected chi connectivity index (χ2v) is 10.0. The lowest BCUT2D eigenvalue weighted by atomic mass is 10.00. The summed E-state index contributed by atoms with van der Waals surface area (Å²) in [5, 5.41) is 0. The van der Waals surface area contributed by atoms with Gasteiger partial charge in [0, 0.05) is 38.8 Å². The highest BCUT2D eigenvalue weighted by molar-refractivity contribution is 7.89. The van der Waals surface area contributed by atoms with Crippen molar-refractivity contribution in [3.05, 3.63) is 29.3 Å². The Balaban J connectivity index is 1.59. The van der Waals surface area contributed by atoms with Gasteiger partial charge in [0.1, 0.15) is 0 Å². The van der Waals surface area contributed by atoms with Crippen molar-refractivity contribution in [3.8, 4) is 0 Å². The van der Waals surface area contributed by atoms with E-state index in [0.717, 1.165) is 36.9 Å². The first kappa shape index (κ1) is 21.3. The number of carbonyl (C=O) groups is 1. The molecule has 2 aliphatic heterocycles. The molecule has 0 saturated carbocycles. The quantitative estimate of drug-likeness (QED) is 0.752. The van der Waals surface area contributed by atoms with Crippen molar-refractivity contribution in [2.45, 2.75) is 57.4 Å². The van der Waals surface area contributed by atoms with Crippen LogP contribution in [0.2, 0.25) is 0 Å². The fourth-order valence-corrected chi connectivity index (χ4v) is 6.02. The topological polar surface area (TPSA) is 60.9 Å². The van der Waals surface area contributed by atoms with Gasteiger partial charge < -0.3 is 4.90 Å². The second-order valence-electron chi connectivity index (χ2n) is 8.09. The summed E-state index contributed by atoms with van der Waals surface area (Å²) in [5.74, 6) is 0.192. The van der Waals surface area contributed by atoms with Gasteiger partial charge in [0.05, 0.1) is 11.4 Å². The van der Waals surface area contributed by atoms with Crippen molar-refractivity contribution in [1.29, 1.82) is 0 Å². The van der Waals surface area contributed by atoms with Crippen molar-refractivity contribution < 1.29 is 13.2 Å². The van der Waals surface area contributed by atoms with Crippen molar-refractivity contribution in [1.82, 2.24) is 14.1 Å². The number of carbonyl (C=O) groups excluding carboxylic acids is 1. The van der Waals surface area contributed by atoms with Gasteiger partial charge in [0.25, 0.3) is 0 Å². The molecule has 0 N–H and O–H groups in total. The molecule has 0 radical (unpaired) electrons. The minimum absolute atomic E-state index is 0.192. The van der Waals surface area contributed by atoms with Crippen LogP contribution in [0.15, 0.2) is 23.1 Å². The lowest BCUT2D eigenvalue weighted by Crippen LogP contribution is -2.53. The van der Waals surface area contributed by atoms with Gasteiger partial charge in [-0.25, -0.2) is 8.42 Å². The van der Waals surface area contributed by atoms with Crippen LogP contribution in [0.3, 0.4) is 0 Å². The van der Waals surface area contributed by atoms with Crippen LogP contribution in [0, 0.1) is 13.8 Å². The lowest BCUT2D eigenvalue weighted by Gasteiger charge is -2.38. The molecule has 1 unspecified atom stereocenters. The maximum atomic E-state index is 13.0. The highest BCUT2D eigenvalue weighted by Crippen LogP contribution is 2.23. The van der Waals surface area contributed by atoms with E-state index in [1.54, 1.807) is 10.4 Å². The Hall–Kier alpha value is -1.44. The van der Waals surface area contributed by atoms with E-state index in [1.807, 2.05) is 30.9 Å². The number of piperidine rings is 1. The zero-order valence-electron chi connectivity index (χ0n) is 17.4. The minimum atomic E-state index is -3.48. The molecule has 1 amide bonds. The molecule has 2 aliphatic rings. The van der Waals surface area contributed by atoms with E-state index in [0.29, 0.717) is 43.7 Å². The van der Waals surface area contributed by atoms with E-state index >= 15 is 0 Å². The Kier molecular flexibility index (Phi) is 6.78. The molecule has 1 aromatic rings. The number of sulfonamides is 1. The van der Waals surface area contributed by atoms with E-state index in [4.69, 9.17) is 0 Å². The Morgan fingerprint density at radius 1 is 1.07 bits per heavy atom. The average molecular weight is 408 g/mol. The molecule has 0 aliphatic carbocycles. The van der Waals surface area contributed by atoms with E-state index < -0.39 is 10.0 Å². The Morgan fingerprint density at radius 3 is 2.43 bits per heavy atom. The van der Waals surface area contributed by atoms with Gasteiger partial charge in [-0.1, -0.05) is 24.6 Å². The third-order valence-electron chi connectivity index (χ3n) is 6.06. The Bertz CT molecular complexity index is 801. The van der Waals surface area contributed by atoms with Gasteiger partial charge in [0.2, 0.25) is 15.9 Å². The third-order valence-corrected chi connectivity index (χ3v) is 8.12. The molecule has 0 spiro atoms. The fourth-order valence-electron chi connectivity index (χ4n) is 4.39. The Labute approximate surface area is 169 Å². The molecule has 156 valence electrons. The number of amides is 1. The molecular formula is C21H33N3O3S. The number of likely N-dealkylation sites (tertiary alicyclic amines) is 1. The smallest absolute Gasteiger partial charge is 0.243 e. The van der Waals surface area contributed by atoms with Crippen LogP contribution in [-0.2, 0) is 14.8 Å². The molecule has 1 aromatic carbocycles. The maximum absolute atomic E-state index is 13.0. The van der Waals surface area contributed by atoms with E-state index in [-0.39, 0.29) is 5.91 Å².